The summed E-state index contributed by atoms with van der Waals surface area (Å²) in [6.07, 6.45) is 9.07. The number of carboxylic acid groups (broad SMARTS) is 1. The summed E-state index contributed by atoms with van der Waals surface area (Å²) in [6.45, 7) is 5.97. The Labute approximate surface area is 251 Å². The molecule has 1 aromatic heterocycles. The quantitative estimate of drug-likeness (QED) is 0.264. The predicted molar refractivity (Wildman–Crippen MR) is 160 cm³/mol. The Bertz CT molecular complexity index is 1490. The van der Waals surface area contributed by atoms with Crippen LogP contribution in [-0.4, -0.2) is 67.4 Å². The number of aliphatic hydroxyl groups excluding tert-OH is 1. The van der Waals surface area contributed by atoms with Crippen molar-refractivity contribution in [2.45, 2.75) is 89.9 Å². The van der Waals surface area contributed by atoms with Crippen LogP contribution in [0.4, 0.5) is 0 Å². The van der Waals surface area contributed by atoms with Crippen molar-refractivity contribution in [3.63, 3.8) is 0 Å². The van der Waals surface area contributed by atoms with Crippen molar-refractivity contribution in [3.05, 3.63) is 41.6 Å². The zero-order chi connectivity index (χ0) is 30.7. The molecule has 10 heteroatoms. The molecule has 1 heterocycles. The molecule has 1 aromatic carbocycles. The molecule has 2 aromatic rings. The number of aliphatic hydroxyl groups is 2. The minimum atomic E-state index is -1.18. The van der Waals surface area contributed by atoms with Crippen LogP contribution in [0.5, 0.6) is 5.75 Å². The number of nitrogens with one attached hydrogen (secondary N) is 2. The summed E-state index contributed by atoms with van der Waals surface area (Å²) in [5.41, 5.74) is 2.26. The topological polar surface area (TPSA) is 164 Å². The van der Waals surface area contributed by atoms with Crippen LogP contribution in [0, 0.1) is 28.6 Å². The van der Waals surface area contributed by atoms with Crippen molar-refractivity contribution in [1.82, 2.24) is 10.3 Å². The van der Waals surface area contributed by atoms with Crippen LogP contribution in [0.1, 0.15) is 71.3 Å². The second-order valence-electron chi connectivity index (χ2n) is 14.0. The van der Waals surface area contributed by atoms with Crippen LogP contribution in [0.15, 0.2) is 41.2 Å². The van der Waals surface area contributed by atoms with Gasteiger partial charge in [-0.25, -0.2) is 4.79 Å². The number of rotatable bonds is 7. The summed E-state index contributed by atoms with van der Waals surface area (Å²) >= 11 is 0. The largest absolute Gasteiger partial charge is 0.508 e. The van der Waals surface area contributed by atoms with Crippen LogP contribution in [0.2, 0.25) is 0 Å². The lowest BCUT2D eigenvalue weighted by atomic mass is 9.45. The number of H-pyrrole nitrogens is 1. The zero-order valence-electron chi connectivity index (χ0n) is 25.1. The number of aliphatic carboxylic acids is 1. The second-order valence-corrected chi connectivity index (χ2v) is 14.0. The number of benzene rings is 1. The number of phenols is 1. The number of allylic oxidation sites excluding steroid dienone is 2. The van der Waals surface area contributed by atoms with E-state index in [4.69, 9.17) is 4.84 Å². The predicted octanol–water partition coefficient (Wildman–Crippen LogP) is 4.04. The standard InChI is InChI=1S/C33H43N3O7/c1-31-10-8-20(13-19(31)4-6-22-24-9-11-33(3,42)32(24,2)15-27(38)29(22)31)36-43-17-28(39)35-26(30(40)41)12-18-16-34-25-7-5-21(37)14-23(18)25/h5,7,13-14,16,22,24,26-27,29,34,37-38,42H,4,6,8-12,15,17H2,1-3H3,(H,35,39)(H,40,41)/b36-20-/t22-,24-,26-,27+,29+,31-,32-,33-/m0/s1. The van der Waals surface area contributed by atoms with E-state index in [2.05, 4.69) is 35.4 Å². The monoisotopic (exact) mass is 593 g/mol. The van der Waals surface area contributed by atoms with Crippen molar-refractivity contribution in [1.29, 1.82) is 0 Å². The van der Waals surface area contributed by atoms with Gasteiger partial charge in [0.25, 0.3) is 5.91 Å². The van der Waals surface area contributed by atoms with Crippen LogP contribution in [0.3, 0.4) is 0 Å². The minimum Gasteiger partial charge on any atom is -0.508 e. The molecule has 0 bridgehead atoms. The first-order valence-electron chi connectivity index (χ1n) is 15.4. The average Bonchev–Trinajstić information content (AvgIpc) is 3.44. The smallest absolute Gasteiger partial charge is 0.326 e. The highest BCUT2D eigenvalue weighted by Crippen LogP contribution is 2.67. The molecule has 8 atom stereocenters. The number of aromatic amines is 1. The van der Waals surface area contributed by atoms with E-state index in [-0.39, 0.29) is 28.9 Å². The number of aromatic hydroxyl groups is 1. The van der Waals surface area contributed by atoms with Gasteiger partial charge in [0.15, 0.2) is 6.61 Å². The molecule has 6 N–H and O–H groups in total. The lowest BCUT2D eigenvalue weighted by molar-refractivity contribution is -0.164. The molecule has 43 heavy (non-hydrogen) atoms. The van der Waals surface area contributed by atoms with E-state index in [9.17, 15) is 30.0 Å². The Hall–Kier alpha value is -3.37. The van der Waals surface area contributed by atoms with Crippen molar-refractivity contribution in [2.75, 3.05) is 6.61 Å². The summed E-state index contributed by atoms with van der Waals surface area (Å²) in [5.74, 6) is -0.767. The third-order valence-electron chi connectivity index (χ3n) is 11.7. The molecule has 6 rings (SSSR count). The number of hydrogen-bond donors (Lipinski definition) is 6. The van der Waals surface area contributed by atoms with Crippen molar-refractivity contribution in [2.24, 2.45) is 33.7 Å². The molecule has 10 nitrogen and oxygen atoms in total. The van der Waals surface area contributed by atoms with Gasteiger partial charge in [-0.1, -0.05) is 24.6 Å². The second kappa shape index (κ2) is 10.7. The number of aromatic nitrogens is 1. The van der Waals surface area contributed by atoms with Gasteiger partial charge in [0.05, 0.1) is 17.4 Å². The fourth-order valence-corrected chi connectivity index (χ4v) is 9.16. The molecular weight excluding hydrogens is 550 g/mol. The van der Waals surface area contributed by atoms with Crippen LogP contribution in [0.25, 0.3) is 10.9 Å². The Morgan fingerprint density at radius 3 is 2.74 bits per heavy atom. The molecule has 0 spiro atoms. The van der Waals surface area contributed by atoms with Gasteiger partial charge in [0.2, 0.25) is 0 Å². The molecule has 3 fully saturated rings. The van der Waals surface area contributed by atoms with E-state index >= 15 is 0 Å². The lowest BCUT2D eigenvalue weighted by Crippen LogP contribution is -2.59. The van der Waals surface area contributed by atoms with Crippen molar-refractivity contribution < 1.29 is 34.9 Å². The van der Waals surface area contributed by atoms with Gasteiger partial charge in [0.1, 0.15) is 11.8 Å². The van der Waals surface area contributed by atoms with Gasteiger partial charge in [0, 0.05) is 28.9 Å². The molecule has 3 saturated carbocycles. The summed E-state index contributed by atoms with van der Waals surface area (Å²) < 4.78 is 0. The fourth-order valence-electron chi connectivity index (χ4n) is 9.16. The van der Waals surface area contributed by atoms with E-state index in [1.165, 1.54) is 5.57 Å². The zero-order valence-corrected chi connectivity index (χ0v) is 25.1. The number of oxime groups is 1. The van der Waals surface area contributed by atoms with E-state index in [1.54, 1.807) is 24.4 Å². The number of fused-ring (bicyclic) bond motifs is 6. The van der Waals surface area contributed by atoms with Crippen LogP contribution < -0.4 is 5.32 Å². The molecule has 0 aliphatic heterocycles. The van der Waals surface area contributed by atoms with Gasteiger partial charge in [-0.05, 0) is 105 Å². The summed E-state index contributed by atoms with van der Waals surface area (Å²) in [6, 6.07) is 3.63. The molecule has 232 valence electrons. The number of carbonyl (C=O) groups is 2. The number of amides is 1. The van der Waals surface area contributed by atoms with Gasteiger partial charge >= 0.3 is 5.97 Å². The molecule has 1 amide bonds. The Morgan fingerprint density at radius 2 is 1.98 bits per heavy atom. The summed E-state index contributed by atoms with van der Waals surface area (Å²) in [7, 11) is 0. The van der Waals surface area contributed by atoms with Gasteiger partial charge in [-0.2, -0.15) is 0 Å². The first-order chi connectivity index (χ1) is 20.3. The van der Waals surface area contributed by atoms with Crippen LogP contribution >= 0.6 is 0 Å². The van der Waals surface area contributed by atoms with Gasteiger partial charge in [-0.3, -0.25) is 4.79 Å². The number of carboxylic acids is 1. The van der Waals surface area contributed by atoms with Gasteiger partial charge in [-0.15, -0.1) is 0 Å². The Morgan fingerprint density at radius 1 is 1.19 bits per heavy atom. The minimum absolute atomic E-state index is 0.0370. The van der Waals surface area contributed by atoms with Crippen molar-refractivity contribution in [3.8, 4) is 5.75 Å². The first kappa shape index (κ1) is 29.7. The van der Waals surface area contributed by atoms with E-state index in [0.717, 1.165) is 43.3 Å². The highest BCUT2D eigenvalue weighted by atomic mass is 16.6. The van der Waals surface area contributed by atoms with Gasteiger partial charge < -0.3 is 35.6 Å². The van der Waals surface area contributed by atoms with E-state index < -0.39 is 36.2 Å². The first-order valence-corrected chi connectivity index (χ1v) is 15.4. The number of nitrogens with zero attached hydrogens (tertiary/aromatic N) is 1. The Balaban J connectivity index is 1.09. The molecular formula is C33H43N3O7. The molecule has 4 aliphatic rings. The number of hydrogen-bond acceptors (Lipinski definition) is 7. The number of carbonyl (C=O) groups excluding carboxylic acids is 1. The van der Waals surface area contributed by atoms with E-state index in [1.807, 2.05) is 6.92 Å². The summed E-state index contributed by atoms with van der Waals surface area (Å²) in [5, 5.41) is 49.6. The summed E-state index contributed by atoms with van der Waals surface area (Å²) in [4.78, 5) is 32.9. The molecule has 4 aliphatic carbocycles. The molecule has 0 saturated heterocycles. The Kier molecular flexibility index (Phi) is 7.36. The van der Waals surface area contributed by atoms with Crippen LogP contribution in [-0.2, 0) is 20.8 Å². The molecule has 0 radical (unpaired) electrons. The fraction of sp³-hybridized carbons (Fsp3) is 0.606. The maximum atomic E-state index is 12.6. The maximum absolute atomic E-state index is 12.6. The normalized spacial score (nSPS) is 36.8. The van der Waals surface area contributed by atoms with Crippen molar-refractivity contribution >= 4 is 28.5 Å². The maximum Gasteiger partial charge on any atom is 0.326 e. The highest BCUT2D eigenvalue weighted by Gasteiger charge is 2.64. The third-order valence-corrected chi connectivity index (χ3v) is 11.7. The lowest BCUT2D eigenvalue weighted by Gasteiger charge is -2.60. The highest BCUT2D eigenvalue weighted by molar-refractivity contribution is 5.96. The molecule has 0 unspecified atom stereocenters. The third kappa shape index (κ3) is 5.02. The average molecular weight is 594 g/mol. The number of phenolic OH excluding ortho intramolecular Hbond substituents is 1. The van der Waals surface area contributed by atoms with E-state index in [0.29, 0.717) is 35.6 Å². The SMILES string of the molecule is C[C@]12CC/C(=N/OCC(=O)N[C@@H](Cc3c[nH]c4ccc(O)cc34)C(=O)O)C=C1CC[C@@H]1[C@@H]2[C@H](O)C[C@@]2(C)[C@H]1CC[C@]2(C)O.